The lowest BCUT2D eigenvalue weighted by Crippen LogP contribution is -2.32. The van der Waals surface area contributed by atoms with Crippen LogP contribution in [0.25, 0.3) is 0 Å². The van der Waals surface area contributed by atoms with E-state index in [4.69, 9.17) is 11.6 Å². The fourth-order valence-electron chi connectivity index (χ4n) is 1.94. The molecule has 2 aromatic rings. The molecule has 0 fully saturated rings. The molecule has 1 aromatic heterocycles. The van der Waals surface area contributed by atoms with Gasteiger partial charge < -0.3 is 16.0 Å². The number of carbonyl (C=O) groups is 2. The van der Waals surface area contributed by atoms with Crippen molar-refractivity contribution in [2.24, 2.45) is 5.92 Å². The van der Waals surface area contributed by atoms with Crippen LogP contribution in [0.5, 0.6) is 0 Å². The first kappa shape index (κ1) is 18.7. The lowest BCUT2D eigenvalue weighted by atomic mass is 10.2. The van der Waals surface area contributed by atoms with Gasteiger partial charge in [0.2, 0.25) is 11.8 Å². The van der Waals surface area contributed by atoms with Crippen molar-refractivity contribution in [2.75, 3.05) is 16.0 Å². The average molecular weight is 361 g/mol. The number of hydrogen-bond acceptors (Lipinski definition) is 4. The summed E-state index contributed by atoms with van der Waals surface area (Å²) in [5.74, 6) is 0.105. The molecule has 3 N–H and O–H groups in total. The van der Waals surface area contributed by atoms with Gasteiger partial charge >= 0.3 is 0 Å². The molecule has 0 unspecified atom stereocenters. The quantitative estimate of drug-likeness (QED) is 0.732. The number of anilines is 3. The van der Waals surface area contributed by atoms with Crippen LogP contribution in [-0.2, 0) is 9.59 Å². The lowest BCUT2D eigenvalue weighted by molar-refractivity contribution is -0.119. The maximum atomic E-state index is 12.2. The number of amides is 2. The van der Waals surface area contributed by atoms with Crippen molar-refractivity contribution in [3.05, 3.63) is 47.6 Å². The molecule has 6 nitrogen and oxygen atoms in total. The van der Waals surface area contributed by atoms with Crippen LogP contribution in [0.1, 0.15) is 20.8 Å². The van der Waals surface area contributed by atoms with Crippen molar-refractivity contribution in [1.82, 2.24) is 4.98 Å². The minimum absolute atomic E-state index is 0.0380. The second kappa shape index (κ2) is 8.48. The zero-order valence-corrected chi connectivity index (χ0v) is 15.1. The van der Waals surface area contributed by atoms with Gasteiger partial charge in [0.15, 0.2) is 0 Å². The molecule has 0 saturated heterocycles. The third-order valence-corrected chi connectivity index (χ3v) is 3.66. The Morgan fingerprint density at radius 2 is 1.56 bits per heavy atom. The highest BCUT2D eigenvalue weighted by molar-refractivity contribution is 6.30. The molecule has 7 heteroatoms. The maximum absolute atomic E-state index is 12.2. The first-order valence-corrected chi connectivity index (χ1v) is 8.33. The molecule has 0 saturated carbocycles. The molecule has 1 aromatic carbocycles. The largest absolute Gasteiger partial charge is 0.374 e. The number of nitrogens with one attached hydrogen (secondary N) is 3. The van der Waals surface area contributed by atoms with Gasteiger partial charge in [-0.15, -0.1) is 0 Å². The van der Waals surface area contributed by atoms with E-state index in [2.05, 4.69) is 20.9 Å². The van der Waals surface area contributed by atoms with Crippen LogP contribution in [0.4, 0.5) is 17.2 Å². The molecule has 1 heterocycles. The van der Waals surface area contributed by atoms with E-state index in [1.807, 2.05) is 13.8 Å². The minimum atomic E-state index is -0.464. The number of hydrogen-bond donors (Lipinski definition) is 3. The number of rotatable bonds is 6. The van der Waals surface area contributed by atoms with Crippen molar-refractivity contribution in [3.63, 3.8) is 0 Å². The summed E-state index contributed by atoms with van der Waals surface area (Å²) in [7, 11) is 0. The number of carbonyl (C=O) groups excluding carboxylic acids is 2. The summed E-state index contributed by atoms with van der Waals surface area (Å²) in [5, 5.41) is 9.13. The van der Waals surface area contributed by atoms with Crippen molar-refractivity contribution in [2.45, 2.75) is 26.8 Å². The highest BCUT2D eigenvalue weighted by atomic mass is 35.5. The number of nitrogens with zero attached hydrogens (tertiary/aromatic N) is 1. The van der Waals surface area contributed by atoms with Crippen molar-refractivity contribution >= 4 is 40.6 Å². The molecular weight excluding hydrogens is 340 g/mol. The van der Waals surface area contributed by atoms with Crippen LogP contribution >= 0.6 is 11.6 Å². The Morgan fingerprint density at radius 3 is 2.12 bits per heavy atom. The monoisotopic (exact) mass is 360 g/mol. The molecule has 2 rings (SSSR count). The highest BCUT2D eigenvalue weighted by Crippen LogP contribution is 2.16. The van der Waals surface area contributed by atoms with Crippen LogP contribution in [-0.4, -0.2) is 22.8 Å². The Bertz CT molecular complexity index is 730. The van der Waals surface area contributed by atoms with Crippen molar-refractivity contribution < 1.29 is 9.59 Å². The molecule has 25 heavy (non-hydrogen) atoms. The molecule has 0 spiro atoms. The van der Waals surface area contributed by atoms with Crippen LogP contribution in [0, 0.1) is 5.92 Å². The van der Waals surface area contributed by atoms with Crippen LogP contribution in [0.3, 0.4) is 0 Å². The van der Waals surface area contributed by atoms with Crippen LogP contribution in [0.15, 0.2) is 42.6 Å². The molecular formula is C18H21ClN4O2. The number of aromatic nitrogens is 1. The van der Waals surface area contributed by atoms with E-state index in [0.717, 1.165) is 5.69 Å². The Kier molecular flexibility index (Phi) is 6.36. The van der Waals surface area contributed by atoms with Crippen LogP contribution < -0.4 is 16.0 Å². The normalized spacial score (nSPS) is 11.7. The highest BCUT2D eigenvalue weighted by Gasteiger charge is 2.13. The molecule has 1 atom stereocenters. The standard InChI is InChI=1S/C18H21ClN4O2/c1-11(2)17(24)22-15-7-5-14(6-8-15)21-12(3)18(25)23-16-9-4-13(19)10-20-16/h4-12,21H,1-3H3,(H,22,24)(H,20,23,25)/t12-/m1/s1. The van der Waals surface area contributed by atoms with Gasteiger partial charge in [-0.3, -0.25) is 9.59 Å². The number of halogens is 1. The average Bonchev–Trinajstić information content (AvgIpc) is 2.58. The number of pyridine rings is 1. The van der Waals surface area contributed by atoms with Gasteiger partial charge in [-0.25, -0.2) is 4.98 Å². The fourth-order valence-corrected chi connectivity index (χ4v) is 2.05. The minimum Gasteiger partial charge on any atom is -0.374 e. The predicted octanol–water partition coefficient (Wildman–Crippen LogP) is 3.77. The second-order valence-corrected chi connectivity index (χ2v) is 6.37. The summed E-state index contributed by atoms with van der Waals surface area (Å²) < 4.78 is 0. The van der Waals surface area contributed by atoms with Gasteiger partial charge in [-0.05, 0) is 43.3 Å². The van der Waals surface area contributed by atoms with E-state index in [1.165, 1.54) is 6.20 Å². The van der Waals surface area contributed by atoms with Gasteiger partial charge in [-0.2, -0.15) is 0 Å². The van der Waals surface area contributed by atoms with E-state index in [9.17, 15) is 9.59 Å². The summed E-state index contributed by atoms with van der Waals surface area (Å²) in [4.78, 5) is 27.9. The van der Waals surface area contributed by atoms with E-state index in [0.29, 0.717) is 16.5 Å². The predicted molar refractivity (Wildman–Crippen MR) is 101 cm³/mol. The number of benzene rings is 1. The van der Waals surface area contributed by atoms with E-state index in [-0.39, 0.29) is 17.7 Å². The molecule has 0 aliphatic carbocycles. The van der Waals surface area contributed by atoms with E-state index in [1.54, 1.807) is 43.3 Å². The second-order valence-electron chi connectivity index (χ2n) is 5.94. The summed E-state index contributed by atoms with van der Waals surface area (Å²) in [6.07, 6.45) is 1.47. The topological polar surface area (TPSA) is 83.1 Å². The van der Waals surface area contributed by atoms with E-state index >= 15 is 0 Å². The Labute approximate surface area is 152 Å². The Morgan fingerprint density at radius 1 is 0.920 bits per heavy atom. The van der Waals surface area contributed by atoms with Gasteiger partial charge in [0.1, 0.15) is 11.9 Å². The zero-order valence-electron chi connectivity index (χ0n) is 14.3. The van der Waals surface area contributed by atoms with Gasteiger partial charge in [0.05, 0.1) is 5.02 Å². The third kappa shape index (κ3) is 5.76. The van der Waals surface area contributed by atoms with Crippen molar-refractivity contribution in [1.29, 1.82) is 0 Å². The van der Waals surface area contributed by atoms with Gasteiger partial charge in [0.25, 0.3) is 0 Å². The first-order valence-electron chi connectivity index (χ1n) is 7.95. The summed E-state index contributed by atoms with van der Waals surface area (Å²) in [6.45, 7) is 5.42. The molecule has 0 radical (unpaired) electrons. The lowest BCUT2D eigenvalue weighted by Gasteiger charge is -2.15. The zero-order chi connectivity index (χ0) is 18.4. The fraction of sp³-hybridized carbons (Fsp3) is 0.278. The third-order valence-electron chi connectivity index (χ3n) is 3.43. The van der Waals surface area contributed by atoms with E-state index < -0.39 is 6.04 Å². The molecule has 2 amide bonds. The smallest absolute Gasteiger partial charge is 0.247 e. The summed E-state index contributed by atoms with van der Waals surface area (Å²) in [6, 6.07) is 10.0. The maximum Gasteiger partial charge on any atom is 0.247 e. The summed E-state index contributed by atoms with van der Waals surface area (Å²) in [5.41, 5.74) is 1.49. The van der Waals surface area contributed by atoms with Gasteiger partial charge in [0, 0.05) is 23.5 Å². The Balaban J connectivity index is 1.91. The first-order chi connectivity index (χ1) is 11.8. The van der Waals surface area contributed by atoms with Crippen LogP contribution in [0.2, 0.25) is 5.02 Å². The van der Waals surface area contributed by atoms with Gasteiger partial charge in [-0.1, -0.05) is 25.4 Å². The summed E-state index contributed by atoms with van der Waals surface area (Å²) >= 11 is 5.77. The Hall–Kier alpha value is -2.60. The molecule has 0 bridgehead atoms. The molecule has 0 aliphatic heterocycles. The SMILES string of the molecule is CC(C)C(=O)Nc1ccc(N[C@H](C)C(=O)Nc2ccc(Cl)cn2)cc1. The molecule has 0 aliphatic rings. The van der Waals surface area contributed by atoms with Crippen molar-refractivity contribution in [3.8, 4) is 0 Å². The molecule has 132 valence electrons.